The van der Waals surface area contributed by atoms with Gasteiger partial charge in [0.25, 0.3) is 0 Å². The van der Waals surface area contributed by atoms with Gasteiger partial charge in [-0.3, -0.25) is 0 Å². The molecule has 1 rings (SSSR count). The lowest BCUT2D eigenvalue weighted by Gasteiger charge is -2.12. The van der Waals surface area contributed by atoms with Crippen molar-refractivity contribution in [2.45, 2.75) is 25.3 Å². The molecule has 17 heavy (non-hydrogen) atoms. The molecular formula is C12H19N3O2. The monoisotopic (exact) mass is 237 g/mol. The van der Waals surface area contributed by atoms with E-state index < -0.39 is 12.0 Å². The Balaban J connectivity index is 2.35. The van der Waals surface area contributed by atoms with Gasteiger partial charge in [-0.05, 0) is 31.5 Å². The SMILES string of the molecule is NCCCC[C@H](N)C(=O)OC1=CC=CC=CN1. The Hall–Kier alpha value is -1.59. The molecule has 94 valence electrons. The van der Waals surface area contributed by atoms with Gasteiger partial charge in [0.1, 0.15) is 6.04 Å². The second kappa shape index (κ2) is 7.65. The first-order chi connectivity index (χ1) is 8.24. The number of unbranched alkanes of at least 4 members (excludes halogenated alkanes) is 1. The van der Waals surface area contributed by atoms with Crippen LogP contribution in [0.4, 0.5) is 0 Å². The Morgan fingerprint density at radius 1 is 1.35 bits per heavy atom. The van der Waals surface area contributed by atoms with Crippen molar-refractivity contribution < 1.29 is 9.53 Å². The highest BCUT2D eigenvalue weighted by atomic mass is 16.5. The van der Waals surface area contributed by atoms with Crippen molar-refractivity contribution in [2.24, 2.45) is 11.5 Å². The van der Waals surface area contributed by atoms with E-state index in [1.54, 1.807) is 24.4 Å². The molecule has 0 aromatic rings. The summed E-state index contributed by atoms with van der Waals surface area (Å²) in [5, 5.41) is 2.83. The molecule has 1 atom stereocenters. The summed E-state index contributed by atoms with van der Waals surface area (Å²) < 4.78 is 5.12. The lowest BCUT2D eigenvalue weighted by Crippen LogP contribution is -2.33. The summed E-state index contributed by atoms with van der Waals surface area (Å²) in [5.74, 6) is -0.0428. The smallest absolute Gasteiger partial charge is 0.329 e. The van der Waals surface area contributed by atoms with Crippen molar-refractivity contribution in [1.82, 2.24) is 5.32 Å². The number of carbonyl (C=O) groups excluding carboxylic acids is 1. The Bertz CT molecular complexity index is 335. The van der Waals surface area contributed by atoms with Crippen LogP contribution in [0.15, 0.2) is 36.4 Å². The van der Waals surface area contributed by atoms with E-state index >= 15 is 0 Å². The van der Waals surface area contributed by atoms with E-state index in [4.69, 9.17) is 16.2 Å². The van der Waals surface area contributed by atoms with Crippen LogP contribution in [0, 0.1) is 0 Å². The molecule has 5 N–H and O–H groups in total. The number of rotatable bonds is 6. The molecule has 0 fully saturated rings. The first-order valence-electron chi connectivity index (χ1n) is 5.71. The molecule has 0 spiro atoms. The van der Waals surface area contributed by atoms with Crippen LogP contribution in [0.25, 0.3) is 0 Å². The predicted molar refractivity (Wildman–Crippen MR) is 66.5 cm³/mol. The third-order valence-electron chi connectivity index (χ3n) is 2.27. The molecule has 0 saturated carbocycles. The first-order valence-corrected chi connectivity index (χ1v) is 5.71. The standard InChI is InChI=1S/C12H19N3O2/c13-8-4-3-6-10(14)12(16)17-11-7-2-1-5-9-15-11/h1-2,5,7,9-10,15H,3-4,6,8,13-14H2/t10-/m0/s1. The van der Waals surface area contributed by atoms with Crippen LogP contribution < -0.4 is 16.8 Å². The Morgan fingerprint density at radius 3 is 2.94 bits per heavy atom. The fraction of sp³-hybridized carbons (Fsp3) is 0.417. The van der Waals surface area contributed by atoms with Crippen molar-refractivity contribution in [3.63, 3.8) is 0 Å². The van der Waals surface area contributed by atoms with Gasteiger partial charge < -0.3 is 21.5 Å². The average Bonchev–Trinajstić information content (AvgIpc) is 2.57. The highest BCUT2D eigenvalue weighted by molar-refractivity contribution is 5.76. The van der Waals surface area contributed by atoms with E-state index in [1.165, 1.54) is 0 Å². The van der Waals surface area contributed by atoms with Gasteiger partial charge in [0.05, 0.1) is 0 Å². The lowest BCUT2D eigenvalue weighted by molar-refractivity contribution is -0.141. The number of carbonyl (C=O) groups is 1. The van der Waals surface area contributed by atoms with Gasteiger partial charge >= 0.3 is 5.97 Å². The normalized spacial score (nSPS) is 15.8. The van der Waals surface area contributed by atoms with Crippen LogP contribution in [-0.2, 0) is 9.53 Å². The van der Waals surface area contributed by atoms with Gasteiger partial charge in [0.15, 0.2) is 0 Å². The van der Waals surface area contributed by atoms with Crippen LogP contribution >= 0.6 is 0 Å². The van der Waals surface area contributed by atoms with Crippen molar-refractivity contribution in [1.29, 1.82) is 0 Å². The zero-order valence-corrected chi connectivity index (χ0v) is 9.76. The Morgan fingerprint density at radius 2 is 2.18 bits per heavy atom. The summed E-state index contributed by atoms with van der Waals surface area (Å²) in [6.45, 7) is 0.615. The summed E-state index contributed by atoms with van der Waals surface area (Å²) in [6, 6.07) is -0.597. The number of esters is 1. The molecule has 1 aliphatic heterocycles. The second-order valence-electron chi connectivity index (χ2n) is 3.73. The van der Waals surface area contributed by atoms with Gasteiger partial charge in [-0.1, -0.05) is 18.6 Å². The molecule has 1 aliphatic rings. The van der Waals surface area contributed by atoms with Gasteiger partial charge in [-0.2, -0.15) is 0 Å². The average molecular weight is 237 g/mol. The molecule has 0 aromatic carbocycles. The third kappa shape index (κ3) is 5.33. The van der Waals surface area contributed by atoms with Crippen LogP contribution in [0.5, 0.6) is 0 Å². The molecule has 0 aromatic heterocycles. The molecule has 1 heterocycles. The maximum atomic E-state index is 11.6. The maximum Gasteiger partial charge on any atom is 0.329 e. The van der Waals surface area contributed by atoms with E-state index in [2.05, 4.69) is 5.32 Å². The van der Waals surface area contributed by atoms with Crippen molar-refractivity contribution >= 4 is 5.97 Å². The number of ether oxygens (including phenoxy) is 1. The minimum atomic E-state index is -0.597. The highest BCUT2D eigenvalue weighted by Crippen LogP contribution is 2.04. The van der Waals surface area contributed by atoms with Gasteiger partial charge in [-0.25, -0.2) is 4.79 Å². The van der Waals surface area contributed by atoms with Crippen LogP contribution in [0.3, 0.4) is 0 Å². The molecule has 0 saturated heterocycles. The summed E-state index contributed by atoms with van der Waals surface area (Å²) in [6.07, 6.45) is 11.1. The van der Waals surface area contributed by atoms with E-state index in [0.717, 1.165) is 12.8 Å². The fourth-order valence-electron chi connectivity index (χ4n) is 1.31. The molecule has 5 heteroatoms. The Kier molecular flexibility index (Phi) is 6.06. The maximum absolute atomic E-state index is 11.6. The van der Waals surface area contributed by atoms with Gasteiger partial charge in [-0.15, -0.1) is 0 Å². The number of nitrogens with two attached hydrogens (primary N) is 2. The topological polar surface area (TPSA) is 90.4 Å². The molecule has 0 radical (unpaired) electrons. The van der Waals surface area contributed by atoms with Crippen molar-refractivity contribution in [3.8, 4) is 0 Å². The van der Waals surface area contributed by atoms with Crippen LogP contribution in [0.1, 0.15) is 19.3 Å². The second-order valence-corrected chi connectivity index (χ2v) is 3.73. The summed E-state index contributed by atoms with van der Waals surface area (Å²) in [4.78, 5) is 11.6. The van der Waals surface area contributed by atoms with Crippen molar-refractivity contribution in [2.75, 3.05) is 6.54 Å². The van der Waals surface area contributed by atoms with Crippen LogP contribution in [0.2, 0.25) is 0 Å². The zero-order chi connectivity index (χ0) is 12.5. The van der Waals surface area contributed by atoms with Crippen molar-refractivity contribution in [3.05, 3.63) is 36.4 Å². The van der Waals surface area contributed by atoms with E-state index in [1.807, 2.05) is 6.08 Å². The third-order valence-corrected chi connectivity index (χ3v) is 2.27. The minimum Gasteiger partial charge on any atom is -0.408 e. The zero-order valence-electron chi connectivity index (χ0n) is 9.76. The molecule has 0 aliphatic carbocycles. The number of hydrogen-bond donors (Lipinski definition) is 3. The fourth-order valence-corrected chi connectivity index (χ4v) is 1.31. The van der Waals surface area contributed by atoms with Crippen LogP contribution in [-0.4, -0.2) is 18.6 Å². The molecule has 5 nitrogen and oxygen atoms in total. The number of hydrogen-bond acceptors (Lipinski definition) is 5. The summed E-state index contributed by atoms with van der Waals surface area (Å²) >= 11 is 0. The quantitative estimate of drug-likeness (QED) is 0.462. The largest absolute Gasteiger partial charge is 0.408 e. The number of allylic oxidation sites excluding steroid dienone is 4. The van der Waals surface area contributed by atoms with E-state index in [9.17, 15) is 4.79 Å². The lowest BCUT2D eigenvalue weighted by atomic mass is 10.1. The molecule has 0 unspecified atom stereocenters. The minimum absolute atomic E-state index is 0.384. The molecule has 0 bridgehead atoms. The van der Waals surface area contributed by atoms with E-state index in [-0.39, 0.29) is 0 Å². The number of nitrogens with one attached hydrogen (secondary N) is 1. The van der Waals surface area contributed by atoms with E-state index in [0.29, 0.717) is 18.8 Å². The Labute approximate surface area is 101 Å². The molecule has 0 amide bonds. The predicted octanol–water partition coefficient (Wildman–Crippen LogP) is 0.500. The summed E-state index contributed by atoms with van der Waals surface area (Å²) in [7, 11) is 0. The molecular weight excluding hydrogens is 218 g/mol. The van der Waals surface area contributed by atoms with Gasteiger partial charge in [0.2, 0.25) is 5.88 Å². The van der Waals surface area contributed by atoms with Gasteiger partial charge in [0, 0.05) is 6.20 Å². The summed E-state index contributed by atoms with van der Waals surface area (Å²) in [5.41, 5.74) is 11.1. The highest BCUT2D eigenvalue weighted by Gasteiger charge is 2.16. The first kappa shape index (κ1) is 13.5.